The van der Waals surface area contributed by atoms with Gasteiger partial charge in [0.25, 0.3) is 0 Å². The van der Waals surface area contributed by atoms with Crippen LogP contribution in [0.15, 0.2) is 11.6 Å². The fourth-order valence-corrected chi connectivity index (χ4v) is 11.9. The monoisotopic (exact) mass is 961 g/mol. The third kappa shape index (κ3) is 11.4. The minimum absolute atomic E-state index is 0.0352. The molecule has 4 aliphatic carbocycles. The second-order valence-corrected chi connectivity index (χ2v) is 21.1. The van der Waals surface area contributed by atoms with Crippen molar-refractivity contribution in [2.24, 2.45) is 29.1 Å². The van der Waals surface area contributed by atoms with Gasteiger partial charge in [-0.2, -0.15) is 0 Å². The first-order valence-corrected chi connectivity index (χ1v) is 24.7. The fraction of sp³-hybridized carbons (Fsp3) is 0.765. The summed E-state index contributed by atoms with van der Waals surface area (Å²) in [6.45, 7) is 8.86. The molecule has 68 heavy (non-hydrogen) atoms. The molecule has 0 aromatic rings. The summed E-state index contributed by atoms with van der Waals surface area (Å²) in [6, 6.07) is 0. The topological polar surface area (TPSA) is 256 Å². The van der Waals surface area contributed by atoms with Crippen LogP contribution in [0.25, 0.3) is 0 Å². The molecule has 0 spiro atoms. The zero-order chi connectivity index (χ0) is 48.7. The lowest BCUT2D eigenvalue weighted by Gasteiger charge is -2.54. The molecule has 0 amide bonds. The van der Waals surface area contributed by atoms with Crippen LogP contribution in [0, 0.1) is 91.8 Å². The van der Waals surface area contributed by atoms with E-state index < -0.39 is 98.9 Å². The number of ether oxygens (including phenoxy) is 8. The van der Waals surface area contributed by atoms with Crippen molar-refractivity contribution >= 4 is 0 Å². The molecule has 4 heterocycles. The van der Waals surface area contributed by atoms with Gasteiger partial charge in [-0.05, 0) is 139 Å². The molecule has 4 aliphatic heterocycles. The molecule has 17 heteroatoms. The SMILES string of the molecule is C[C@H](CC[C@@H](O[C@@H]1O[C@H](CO)[C@@H](O)[C@H](O)[C@H]1O[C@H]1O[C@@H](CO)[C@H](O)[C@@H](O)[C@@H]1O)C(C)(C)O)[C@H]1CC[C]2[C]1C[CH][C]1[C@H]2CC=C2[C@@H]1CCC(O[C@H]1[CH][CH][CH][C@H](CO[C@H]3[CH][CH][CH][C@H](CO)O3)O1)C2(C)C. The molecule has 17 nitrogen and oxygen atoms in total. The third-order valence-electron chi connectivity index (χ3n) is 15.9. The van der Waals surface area contributed by atoms with E-state index in [-0.39, 0.29) is 42.9 Å². The summed E-state index contributed by atoms with van der Waals surface area (Å²) in [4.78, 5) is 0. The van der Waals surface area contributed by atoms with Crippen LogP contribution in [0.3, 0.4) is 0 Å². The molecule has 0 aromatic heterocycles. The van der Waals surface area contributed by atoms with E-state index in [1.807, 2.05) is 32.1 Å². The molecule has 9 N–H and O–H groups in total. The smallest absolute Gasteiger partial charge is 0.187 e. The summed E-state index contributed by atoms with van der Waals surface area (Å²) in [5.41, 5.74) is -0.178. The molecule has 20 atom stereocenters. The third-order valence-corrected chi connectivity index (χ3v) is 15.9. The van der Waals surface area contributed by atoms with Gasteiger partial charge in [0.2, 0.25) is 0 Å². The average molecular weight is 961 g/mol. The summed E-state index contributed by atoms with van der Waals surface area (Å²) < 4.78 is 48.4. The predicted octanol–water partition coefficient (Wildman–Crippen LogP) is 1.38. The molecule has 0 aromatic carbocycles. The van der Waals surface area contributed by atoms with Crippen molar-refractivity contribution in [2.75, 3.05) is 26.4 Å². The van der Waals surface area contributed by atoms with E-state index in [0.717, 1.165) is 38.5 Å². The molecular weight excluding hydrogens is 885 g/mol. The second kappa shape index (κ2) is 22.7. The van der Waals surface area contributed by atoms with E-state index >= 15 is 0 Å². The number of rotatable bonds is 17. The van der Waals surface area contributed by atoms with Crippen molar-refractivity contribution in [1.82, 2.24) is 0 Å². The van der Waals surface area contributed by atoms with E-state index in [1.54, 1.807) is 32.1 Å². The maximum absolute atomic E-state index is 11.4. The summed E-state index contributed by atoms with van der Waals surface area (Å²) in [5.74, 6) is 5.94. The second-order valence-electron chi connectivity index (χ2n) is 21.1. The van der Waals surface area contributed by atoms with Crippen molar-refractivity contribution in [3.8, 4) is 0 Å². The Morgan fingerprint density at radius 3 is 2.10 bits per heavy atom. The number of allylic oxidation sites excluding steroid dienone is 1. The van der Waals surface area contributed by atoms with Crippen LogP contribution < -0.4 is 0 Å². The quantitative estimate of drug-likeness (QED) is 0.0934. The number of hydrogen-bond donors (Lipinski definition) is 9. The van der Waals surface area contributed by atoms with Gasteiger partial charge in [-0.15, -0.1) is 0 Å². The highest BCUT2D eigenvalue weighted by atomic mass is 16.8. The first kappa shape index (κ1) is 53.4. The van der Waals surface area contributed by atoms with Crippen molar-refractivity contribution in [2.45, 2.75) is 190 Å². The molecule has 7 fully saturated rings. The molecule has 8 aliphatic rings. The molecule has 382 valence electrons. The Labute approximate surface area is 402 Å². The Kier molecular flexibility index (Phi) is 17.8. The summed E-state index contributed by atoms with van der Waals surface area (Å²) in [6.07, 6.45) is 4.76. The van der Waals surface area contributed by atoms with E-state index in [4.69, 9.17) is 37.9 Å². The van der Waals surface area contributed by atoms with Gasteiger partial charge < -0.3 is 83.9 Å². The van der Waals surface area contributed by atoms with Gasteiger partial charge in [0.15, 0.2) is 25.2 Å². The van der Waals surface area contributed by atoms with Crippen molar-refractivity contribution in [3.05, 3.63) is 74.3 Å². The van der Waals surface area contributed by atoms with Gasteiger partial charge >= 0.3 is 0 Å². The van der Waals surface area contributed by atoms with Gasteiger partial charge in [0.1, 0.15) is 48.8 Å². The molecule has 0 bridgehead atoms. The van der Waals surface area contributed by atoms with Crippen LogP contribution in [-0.4, -0.2) is 176 Å². The minimum atomic E-state index is -1.80. The van der Waals surface area contributed by atoms with E-state index in [2.05, 4.69) is 33.3 Å². The lowest BCUT2D eigenvalue weighted by molar-refractivity contribution is -0.375. The van der Waals surface area contributed by atoms with Crippen LogP contribution in [0.5, 0.6) is 0 Å². The highest BCUT2D eigenvalue weighted by molar-refractivity contribution is 5.46. The maximum atomic E-state index is 11.4. The van der Waals surface area contributed by atoms with Crippen LogP contribution in [0.1, 0.15) is 86.0 Å². The fourth-order valence-electron chi connectivity index (χ4n) is 11.9. The first-order chi connectivity index (χ1) is 32.4. The predicted molar refractivity (Wildman–Crippen MR) is 241 cm³/mol. The van der Waals surface area contributed by atoms with Gasteiger partial charge in [0.05, 0.1) is 56.4 Å². The lowest BCUT2D eigenvalue weighted by Crippen LogP contribution is -2.65. The maximum Gasteiger partial charge on any atom is 0.187 e. The zero-order valence-electron chi connectivity index (χ0n) is 39.9. The number of hydrogen-bond acceptors (Lipinski definition) is 17. The van der Waals surface area contributed by atoms with Crippen molar-refractivity contribution in [1.29, 1.82) is 0 Å². The highest BCUT2D eigenvalue weighted by Crippen LogP contribution is 2.63. The van der Waals surface area contributed by atoms with Crippen LogP contribution in [0.2, 0.25) is 0 Å². The molecule has 1 unspecified atom stereocenters. The number of aliphatic hydroxyl groups is 9. The Bertz CT molecular complexity index is 1620. The Hall–Kier alpha value is -0.940. The van der Waals surface area contributed by atoms with Gasteiger partial charge in [-0.25, -0.2) is 0 Å². The Morgan fingerprint density at radius 2 is 1.40 bits per heavy atom. The molecule has 10 radical (unpaired) electrons. The largest absolute Gasteiger partial charge is 0.394 e. The molecule has 3 saturated carbocycles. The average Bonchev–Trinajstić information content (AvgIpc) is 3.77. The standard InChI is InChI=1S/C51H76O17/c1-26(12-20-39(51(4,5)60)67-49-47(45(58)43(56)37(24-54)65-49)68-48-46(59)44(57)42(55)36(23-53)64-48)29-13-14-31-30(29)15-16-33-32(31)17-19-35-34(33)18-21-38(50(35,2)3)66-41-11-7-9-28(63-41)25-61-40-10-6-8-27(22-52)62-40/h6-11,16,19,26-29,32,34,36-49,52-60H,12-15,17-18,20-25H2,1-5H3/t26-,27-,28-,29-,32+,34-,36+,37-,38?,39-,40-,41+,42+,43-,44-,45+,46+,47-,48-,49+/m1/s1. The van der Waals surface area contributed by atoms with Crippen molar-refractivity contribution < 1.29 is 83.9 Å². The summed E-state index contributed by atoms with van der Waals surface area (Å²) in [7, 11) is 0. The van der Waals surface area contributed by atoms with E-state index in [9.17, 15) is 46.0 Å². The first-order valence-electron chi connectivity index (χ1n) is 24.7. The van der Waals surface area contributed by atoms with Gasteiger partial charge in [-0.3, -0.25) is 0 Å². The van der Waals surface area contributed by atoms with Crippen LogP contribution in [0.4, 0.5) is 0 Å². The molecule has 4 saturated heterocycles. The normalized spacial score (nSPS) is 43.8. The molecule has 8 rings (SSSR count). The van der Waals surface area contributed by atoms with Gasteiger partial charge in [-0.1, -0.05) is 32.4 Å². The molecular formula is C51H76O17. The number of aliphatic hydroxyl groups excluding tert-OH is 8. The van der Waals surface area contributed by atoms with Gasteiger partial charge in [0, 0.05) is 18.3 Å². The van der Waals surface area contributed by atoms with E-state index in [0.29, 0.717) is 30.6 Å². The van der Waals surface area contributed by atoms with E-state index in [1.165, 1.54) is 11.5 Å². The number of fused-ring (bicyclic) bond motifs is 5. The van der Waals surface area contributed by atoms with Crippen molar-refractivity contribution in [3.63, 3.8) is 0 Å². The zero-order valence-corrected chi connectivity index (χ0v) is 39.9. The minimum Gasteiger partial charge on any atom is -0.394 e. The summed E-state index contributed by atoms with van der Waals surface area (Å²) >= 11 is 0. The summed E-state index contributed by atoms with van der Waals surface area (Å²) in [5, 5.41) is 94.0. The Morgan fingerprint density at radius 1 is 0.721 bits per heavy atom. The van der Waals surface area contributed by atoms with Crippen LogP contribution >= 0.6 is 0 Å². The Balaban J connectivity index is 0.859. The lowest BCUT2D eigenvalue weighted by atomic mass is 9.52. The van der Waals surface area contributed by atoms with Crippen LogP contribution in [-0.2, 0) is 37.9 Å². The highest BCUT2D eigenvalue weighted by Gasteiger charge is 2.56.